The summed E-state index contributed by atoms with van der Waals surface area (Å²) in [5.41, 5.74) is 5.45. The number of alkyl halides is 2. The molecule has 0 bridgehead atoms. The van der Waals surface area contributed by atoms with E-state index in [1.165, 1.54) is 32.2 Å². The highest BCUT2D eigenvalue weighted by molar-refractivity contribution is 5.85. The number of hydrogen-bond acceptors (Lipinski definition) is 5. The van der Waals surface area contributed by atoms with Crippen molar-refractivity contribution >= 4 is 18.4 Å². The molecule has 1 rings (SSSR count). The van der Waals surface area contributed by atoms with Crippen LogP contribution in [0, 0.1) is 0 Å². The van der Waals surface area contributed by atoms with Gasteiger partial charge in [-0.05, 0) is 17.7 Å². The molecule has 0 aliphatic rings. The van der Waals surface area contributed by atoms with Gasteiger partial charge in [0.25, 0.3) is 5.92 Å². The second-order valence-corrected chi connectivity index (χ2v) is 3.90. The van der Waals surface area contributed by atoms with Crippen molar-refractivity contribution in [3.63, 3.8) is 0 Å². The van der Waals surface area contributed by atoms with E-state index in [-0.39, 0.29) is 29.5 Å². The maximum atomic E-state index is 13.3. The van der Waals surface area contributed by atoms with Gasteiger partial charge in [0, 0.05) is 6.92 Å². The van der Waals surface area contributed by atoms with Crippen LogP contribution in [0.4, 0.5) is 8.78 Å². The number of hydrogen-bond donors (Lipinski definition) is 2. The summed E-state index contributed by atoms with van der Waals surface area (Å²) in [7, 11) is 1.31. The first kappa shape index (κ1) is 18.6. The standard InChI is InChI=1S/C12H15F2NO4.ClH/c1-7(17)19-9-4-3-8(5-10(9)18-2)11(15)12(13,14)6-16;/h3-5,11,16H,6,15H2,1-2H3;1H/t11-;/m0./s1. The number of methoxy groups -OCH3 is 1. The Morgan fingerprint density at radius 1 is 1.45 bits per heavy atom. The molecule has 5 nitrogen and oxygen atoms in total. The third-order valence-corrected chi connectivity index (χ3v) is 2.47. The van der Waals surface area contributed by atoms with E-state index in [9.17, 15) is 13.6 Å². The molecule has 0 aromatic heterocycles. The van der Waals surface area contributed by atoms with Crippen LogP contribution in [0.15, 0.2) is 18.2 Å². The quantitative estimate of drug-likeness (QED) is 0.638. The first-order valence-corrected chi connectivity index (χ1v) is 5.42. The van der Waals surface area contributed by atoms with Crippen LogP contribution >= 0.6 is 12.4 Å². The predicted molar refractivity (Wildman–Crippen MR) is 70.5 cm³/mol. The second-order valence-electron chi connectivity index (χ2n) is 3.90. The summed E-state index contributed by atoms with van der Waals surface area (Å²) in [5, 5.41) is 8.60. The number of halogens is 3. The van der Waals surface area contributed by atoms with Crippen molar-refractivity contribution in [2.75, 3.05) is 13.7 Å². The molecular weight excluding hydrogens is 296 g/mol. The van der Waals surface area contributed by atoms with Gasteiger partial charge in [-0.1, -0.05) is 6.07 Å². The Morgan fingerprint density at radius 3 is 2.50 bits per heavy atom. The summed E-state index contributed by atoms with van der Waals surface area (Å²) in [6.07, 6.45) is 0. The minimum atomic E-state index is -3.45. The third-order valence-electron chi connectivity index (χ3n) is 2.47. The van der Waals surface area contributed by atoms with Gasteiger partial charge in [-0.15, -0.1) is 12.4 Å². The van der Waals surface area contributed by atoms with Crippen molar-refractivity contribution in [3.05, 3.63) is 23.8 Å². The lowest BCUT2D eigenvalue weighted by Crippen LogP contribution is -2.36. The predicted octanol–water partition coefficient (Wildman–Crippen LogP) is 1.67. The maximum Gasteiger partial charge on any atom is 0.308 e. The topological polar surface area (TPSA) is 81.8 Å². The summed E-state index contributed by atoms with van der Waals surface area (Å²) in [5.74, 6) is -3.79. The summed E-state index contributed by atoms with van der Waals surface area (Å²) >= 11 is 0. The van der Waals surface area contributed by atoms with E-state index in [4.69, 9.17) is 20.3 Å². The first-order chi connectivity index (χ1) is 8.81. The molecule has 1 aromatic carbocycles. The Hall–Kier alpha value is -1.44. The van der Waals surface area contributed by atoms with Crippen molar-refractivity contribution in [1.82, 2.24) is 0 Å². The number of esters is 1. The fraction of sp³-hybridized carbons (Fsp3) is 0.417. The van der Waals surface area contributed by atoms with Crippen LogP contribution < -0.4 is 15.2 Å². The fourth-order valence-electron chi connectivity index (χ4n) is 1.46. The van der Waals surface area contributed by atoms with Crippen LogP contribution in [-0.4, -0.2) is 30.7 Å². The molecule has 3 N–H and O–H groups in total. The minimum absolute atomic E-state index is 0. The van der Waals surface area contributed by atoms with Gasteiger partial charge in [-0.2, -0.15) is 0 Å². The van der Waals surface area contributed by atoms with Crippen molar-refractivity contribution < 1.29 is 28.2 Å². The zero-order valence-corrected chi connectivity index (χ0v) is 11.7. The van der Waals surface area contributed by atoms with Crippen molar-refractivity contribution in [2.24, 2.45) is 5.73 Å². The van der Waals surface area contributed by atoms with Gasteiger partial charge < -0.3 is 20.3 Å². The van der Waals surface area contributed by atoms with Crippen LogP contribution in [0.5, 0.6) is 11.5 Å². The van der Waals surface area contributed by atoms with Crippen molar-refractivity contribution in [3.8, 4) is 11.5 Å². The van der Waals surface area contributed by atoms with Crippen LogP contribution in [-0.2, 0) is 4.79 Å². The zero-order valence-electron chi connectivity index (χ0n) is 10.9. The van der Waals surface area contributed by atoms with Gasteiger partial charge in [0.1, 0.15) is 6.61 Å². The first-order valence-electron chi connectivity index (χ1n) is 5.42. The lowest BCUT2D eigenvalue weighted by atomic mass is 10.0. The van der Waals surface area contributed by atoms with Crippen LogP contribution in [0.25, 0.3) is 0 Å². The molecule has 1 aromatic rings. The summed E-state index contributed by atoms with van der Waals surface area (Å²) in [6, 6.07) is 2.16. The van der Waals surface area contributed by atoms with Gasteiger partial charge in [0.2, 0.25) is 0 Å². The van der Waals surface area contributed by atoms with E-state index in [0.717, 1.165) is 0 Å². The highest BCUT2D eigenvalue weighted by Crippen LogP contribution is 2.34. The average molecular weight is 312 g/mol. The fourth-order valence-corrected chi connectivity index (χ4v) is 1.46. The van der Waals surface area contributed by atoms with E-state index in [2.05, 4.69) is 0 Å². The molecule has 0 saturated heterocycles. The van der Waals surface area contributed by atoms with Gasteiger partial charge in [0.15, 0.2) is 11.5 Å². The Kier molecular flexibility index (Phi) is 6.84. The van der Waals surface area contributed by atoms with Crippen LogP contribution in [0.2, 0.25) is 0 Å². The van der Waals surface area contributed by atoms with Gasteiger partial charge in [-0.3, -0.25) is 4.79 Å². The van der Waals surface area contributed by atoms with Crippen molar-refractivity contribution in [2.45, 2.75) is 18.9 Å². The zero-order chi connectivity index (χ0) is 14.6. The Balaban J connectivity index is 0.00000361. The third kappa shape index (κ3) is 4.29. The lowest BCUT2D eigenvalue weighted by molar-refractivity contribution is -0.132. The maximum absolute atomic E-state index is 13.3. The Bertz CT molecular complexity index is 471. The number of aliphatic hydroxyl groups is 1. The van der Waals surface area contributed by atoms with Gasteiger partial charge in [0.05, 0.1) is 13.2 Å². The molecule has 0 saturated carbocycles. The van der Waals surface area contributed by atoms with Crippen LogP contribution in [0.3, 0.4) is 0 Å². The Morgan fingerprint density at radius 2 is 2.05 bits per heavy atom. The lowest BCUT2D eigenvalue weighted by Gasteiger charge is -2.22. The van der Waals surface area contributed by atoms with Crippen molar-refractivity contribution in [1.29, 1.82) is 0 Å². The Labute approximate surface area is 121 Å². The SMILES string of the molecule is COc1cc([C@H](N)C(F)(F)CO)ccc1OC(C)=O.Cl. The molecule has 0 heterocycles. The number of carbonyl (C=O) groups excluding carboxylic acids is 1. The summed E-state index contributed by atoms with van der Waals surface area (Å²) in [6.45, 7) is -0.152. The molecular formula is C12H16ClF2NO4. The van der Waals surface area contributed by atoms with E-state index in [1.807, 2.05) is 0 Å². The number of rotatable bonds is 5. The summed E-state index contributed by atoms with van der Waals surface area (Å²) in [4.78, 5) is 10.9. The molecule has 1 atom stereocenters. The van der Waals surface area contributed by atoms with Gasteiger partial charge >= 0.3 is 5.97 Å². The van der Waals surface area contributed by atoms with E-state index in [1.54, 1.807) is 0 Å². The van der Waals surface area contributed by atoms with E-state index >= 15 is 0 Å². The highest BCUT2D eigenvalue weighted by atomic mass is 35.5. The number of benzene rings is 1. The van der Waals surface area contributed by atoms with Gasteiger partial charge in [-0.25, -0.2) is 8.78 Å². The molecule has 0 aliphatic carbocycles. The largest absolute Gasteiger partial charge is 0.493 e. The monoisotopic (exact) mass is 311 g/mol. The number of aliphatic hydroxyl groups excluding tert-OH is 1. The van der Waals surface area contributed by atoms with E-state index < -0.39 is 24.5 Å². The average Bonchev–Trinajstić information content (AvgIpc) is 2.37. The molecule has 114 valence electrons. The summed E-state index contributed by atoms with van der Waals surface area (Å²) < 4.78 is 36.3. The molecule has 0 amide bonds. The molecule has 20 heavy (non-hydrogen) atoms. The minimum Gasteiger partial charge on any atom is -0.493 e. The second kappa shape index (κ2) is 7.37. The smallest absolute Gasteiger partial charge is 0.308 e. The molecule has 0 aliphatic heterocycles. The highest BCUT2D eigenvalue weighted by Gasteiger charge is 2.37. The number of ether oxygens (including phenoxy) is 2. The van der Waals surface area contributed by atoms with Crippen LogP contribution in [0.1, 0.15) is 18.5 Å². The molecule has 0 radical (unpaired) electrons. The van der Waals surface area contributed by atoms with E-state index in [0.29, 0.717) is 0 Å². The number of carbonyl (C=O) groups is 1. The molecule has 0 unspecified atom stereocenters. The molecule has 0 spiro atoms. The molecule has 0 fully saturated rings. The molecule has 8 heteroatoms. The normalized spacial score (nSPS) is 12.3. The number of nitrogens with two attached hydrogens (primary N) is 1.